The number of nitrogens with zero attached hydrogens (tertiary/aromatic N) is 1. The molecule has 1 aliphatic rings. The van der Waals surface area contributed by atoms with Crippen molar-refractivity contribution in [3.63, 3.8) is 0 Å². The highest BCUT2D eigenvalue weighted by atomic mass is 16.4. The summed E-state index contributed by atoms with van der Waals surface area (Å²) in [7, 11) is 0. The Morgan fingerprint density at radius 1 is 1.46 bits per heavy atom. The quantitative estimate of drug-likeness (QED) is 0.661. The zero-order valence-corrected chi connectivity index (χ0v) is 7.91. The number of aliphatic carboxylic acids is 1. The first-order valence-electron chi connectivity index (χ1n) is 4.88. The van der Waals surface area contributed by atoms with Gasteiger partial charge in [0.15, 0.2) is 0 Å². The molecule has 4 heteroatoms. The maximum Gasteiger partial charge on any atom is 0.303 e. The highest BCUT2D eigenvalue weighted by Gasteiger charge is 2.15. The van der Waals surface area contributed by atoms with Gasteiger partial charge in [-0.3, -0.25) is 4.79 Å². The van der Waals surface area contributed by atoms with Crippen molar-refractivity contribution >= 4 is 5.97 Å². The summed E-state index contributed by atoms with van der Waals surface area (Å²) in [6.07, 6.45) is 3.13. The van der Waals surface area contributed by atoms with Crippen molar-refractivity contribution < 1.29 is 9.90 Å². The fraction of sp³-hybridized carbons (Fsp3) is 0.889. The molecule has 0 saturated carbocycles. The highest BCUT2D eigenvalue weighted by molar-refractivity contribution is 5.66. The van der Waals surface area contributed by atoms with Gasteiger partial charge in [-0.1, -0.05) is 0 Å². The molecule has 0 spiro atoms. The van der Waals surface area contributed by atoms with Gasteiger partial charge < -0.3 is 15.7 Å². The minimum atomic E-state index is -0.700. The van der Waals surface area contributed by atoms with Crippen molar-refractivity contribution in [3.05, 3.63) is 0 Å². The maximum atomic E-state index is 10.3. The van der Waals surface area contributed by atoms with Gasteiger partial charge in [0.2, 0.25) is 0 Å². The van der Waals surface area contributed by atoms with E-state index >= 15 is 0 Å². The zero-order valence-electron chi connectivity index (χ0n) is 7.91. The van der Waals surface area contributed by atoms with E-state index in [1.807, 2.05) is 0 Å². The molecular formula is C9H18N2O2. The number of hydrogen-bond donors (Lipinski definition) is 2. The summed E-state index contributed by atoms with van der Waals surface area (Å²) in [5, 5.41) is 8.45. The second kappa shape index (κ2) is 5.19. The van der Waals surface area contributed by atoms with E-state index < -0.39 is 5.97 Å². The predicted molar refractivity (Wildman–Crippen MR) is 50.5 cm³/mol. The summed E-state index contributed by atoms with van der Waals surface area (Å²) in [6, 6.07) is 0.357. The Morgan fingerprint density at radius 2 is 2.08 bits per heavy atom. The number of hydrogen-bond acceptors (Lipinski definition) is 3. The van der Waals surface area contributed by atoms with Crippen LogP contribution in [0.15, 0.2) is 0 Å². The normalized spacial score (nSPS) is 20.4. The molecule has 1 saturated heterocycles. The van der Waals surface area contributed by atoms with Gasteiger partial charge in [0, 0.05) is 12.5 Å². The molecule has 13 heavy (non-hydrogen) atoms. The van der Waals surface area contributed by atoms with Gasteiger partial charge in [0.1, 0.15) is 0 Å². The van der Waals surface area contributed by atoms with Crippen LogP contribution in [-0.2, 0) is 4.79 Å². The molecule has 0 bridgehead atoms. The molecule has 1 rings (SSSR count). The molecule has 0 radical (unpaired) electrons. The molecule has 0 aromatic heterocycles. The molecule has 0 atom stereocenters. The maximum absolute atomic E-state index is 10.3. The minimum Gasteiger partial charge on any atom is -0.481 e. The van der Waals surface area contributed by atoms with E-state index in [-0.39, 0.29) is 6.42 Å². The van der Waals surface area contributed by atoms with Crippen molar-refractivity contribution in [2.45, 2.75) is 31.7 Å². The first-order chi connectivity index (χ1) is 6.18. The molecule has 1 aliphatic heterocycles. The number of carboxylic acid groups (broad SMARTS) is 1. The van der Waals surface area contributed by atoms with Crippen LogP contribution >= 0.6 is 0 Å². The molecule has 0 aliphatic carbocycles. The zero-order chi connectivity index (χ0) is 9.68. The molecule has 0 unspecified atom stereocenters. The first-order valence-corrected chi connectivity index (χ1v) is 4.88. The Labute approximate surface area is 78.7 Å². The first kappa shape index (κ1) is 10.5. The van der Waals surface area contributed by atoms with Gasteiger partial charge >= 0.3 is 5.97 Å². The number of rotatable bonds is 4. The topological polar surface area (TPSA) is 66.6 Å². The van der Waals surface area contributed by atoms with Crippen LogP contribution in [0, 0.1) is 0 Å². The minimum absolute atomic E-state index is 0.280. The van der Waals surface area contributed by atoms with Crippen molar-refractivity contribution in [1.29, 1.82) is 0 Å². The number of nitrogens with two attached hydrogens (primary N) is 1. The third-order valence-electron chi connectivity index (χ3n) is 2.50. The lowest BCUT2D eigenvalue weighted by atomic mass is 10.1. The van der Waals surface area contributed by atoms with Gasteiger partial charge in [-0.25, -0.2) is 0 Å². The van der Waals surface area contributed by atoms with Gasteiger partial charge in [-0.2, -0.15) is 0 Å². The number of piperidine rings is 1. The molecule has 0 aromatic rings. The van der Waals surface area contributed by atoms with Crippen LogP contribution in [0.5, 0.6) is 0 Å². The number of likely N-dealkylation sites (tertiary alicyclic amines) is 1. The molecule has 1 fully saturated rings. The highest BCUT2D eigenvalue weighted by Crippen LogP contribution is 2.08. The number of carbonyl (C=O) groups is 1. The fourth-order valence-corrected chi connectivity index (χ4v) is 1.63. The smallest absolute Gasteiger partial charge is 0.303 e. The monoisotopic (exact) mass is 186 g/mol. The van der Waals surface area contributed by atoms with E-state index in [1.54, 1.807) is 0 Å². The molecule has 76 valence electrons. The van der Waals surface area contributed by atoms with Gasteiger partial charge in [0.05, 0.1) is 0 Å². The van der Waals surface area contributed by atoms with Crippen LogP contribution in [0.3, 0.4) is 0 Å². The molecule has 0 amide bonds. The average molecular weight is 186 g/mol. The van der Waals surface area contributed by atoms with Gasteiger partial charge in [-0.15, -0.1) is 0 Å². The van der Waals surface area contributed by atoms with Crippen molar-refractivity contribution in [2.24, 2.45) is 5.73 Å². The Kier molecular flexibility index (Phi) is 4.18. The lowest BCUT2D eigenvalue weighted by Crippen LogP contribution is -2.40. The van der Waals surface area contributed by atoms with Crippen LogP contribution in [0.4, 0.5) is 0 Å². The standard InChI is InChI=1S/C9H18N2O2/c10-8-3-6-11(7-4-8)5-1-2-9(12)13/h8H,1-7,10H2,(H,12,13). The average Bonchev–Trinajstić information content (AvgIpc) is 2.08. The van der Waals surface area contributed by atoms with Crippen LogP contribution in [0.1, 0.15) is 25.7 Å². The molecule has 4 nitrogen and oxygen atoms in total. The Balaban J connectivity index is 2.05. The van der Waals surface area contributed by atoms with Crippen molar-refractivity contribution in [3.8, 4) is 0 Å². The summed E-state index contributed by atoms with van der Waals surface area (Å²) >= 11 is 0. The lowest BCUT2D eigenvalue weighted by molar-refractivity contribution is -0.137. The summed E-state index contributed by atoms with van der Waals surface area (Å²) in [5.74, 6) is -0.700. The van der Waals surface area contributed by atoms with E-state index in [0.29, 0.717) is 6.04 Å². The van der Waals surface area contributed by atoms with E-state index in [2.05, 4.69) is 4.90 Å². The van der Waals surface area contributed by atoms with Crippen LogP contribution in [0.2, 0.25) is 0 Å². The largest absolute Gasteiger partial charge is 0.481 e. The van der Waals surface area contributed by atoms with Crippen molar-refractivity contribution in [2.75, 3.05) is 19.6 Å². The lowest BCUT2D eigenvalue weighted by Gasteiger charge is -2.29. The van der Waals surface area contributed by atoms with E-state index in [9.17, 15) is 4.79 Å². The third kappa shape index (κ3) is 4.24. The number of carboxylic acids is 1. The van der Waals surface area contributed by atoms with Crippen LogP contribution in [-0.4, -0.2) is 41.7 Å². The van der Waals surface area contributed by atoms with Gasteiger partial charge in [-0.05, 0) is 38.9 Å². The Morgan fingerprint density at radius 3 is 2.62 bits per heavy atom. The predicted octanol–water partition coefficient (Wildman–Crippen LogP) is 0.274. The molecule has 1 heterocycles. The summed E-state index contributed by atoms with van der Waals surface area (Å²) < 4.78 is 0. The molecule has 3 N–H and O–H groups in total. The van der Waals surface area contributed by atoms with E-state index in [1.165, 1.54) is 0 Å². The Bertz CT molecular complexity index is 165. The summed E-state index contributed by atoms with van der Waals surface area (Å²) in [5.41, 5.74) is 5.75. The second-order valence-corrected chi connectivity index (χ2v) is 3.68. The Hall–Kier alpha value is -0.610. The third-order valence-corrected chi connectivity index (χ3v) is 2.50. The van der Waals surface area contributed by atoms with E-state index in [4.69, 9.17) is 10.8 Å². The fourth-order valence-electron chi connectivity index (χ4n) is 1.63. The van der Waals surface area contributed by atoms with Crippen LogP contribution < -0.4 is 5.73 Å². The van der Waals surface area contributed by atoms with Crippen molar-refractivity contribution in [1.82, 2.24) is 4.90 Å². The van der Waals surface area contributed by atoms with Crippen LogP contribution in [0.25, 0.3) is 0 Å². The molecule has 0 aromatic carbocycles. The van der Waals surface area contributed by atoms with Gasteiger partial charge in [0.25, 0.3) is 0 Å². The second-order valence-electron chi connectivity index (χ2n) is 3.68. The summed E-state index contributed by atoms with van der Waals surface area (Å²) in [4.78, 5) is 12.6. The summed E-state index contributed by atoms with van der Waals surface area (Å²) in [6.45, 7) is 2.96. The SMILES string of the molecule is NC1CCN(CCCC(=O)O)CC1. The van der Waals surface area contributed by atoms with E-state index in [0.717, 1.165) is 38.9 Å². The molecular weight excluding hydrogens is 168 g/mol.